The van der Waals surface area contributed by atoms with E-state index >= 15 is 0 Å². The molecule has 0 aromatic heterocycles. The molecule has 0 aliphatic carbocycles. The number of ether oxygens (including phenoxy) is 1. The van der Waals surface area contributed by atoms with Crippen LogP contribution in [0.15, 0.2) is 48.8 Å². The van der Waals surface area contributed by atoms with Gasteiger partial charge in [0.15, 0.2) is 0 Å². The van der Waals surface area contributed by atoms with Crippen molar-refractivity contribution in [3.8, 4) is 0 Å². The van der Waals surface area contributed by atoms with Gasteiger partial charge in [-0.1, -0.05) is 45.2 Å². The molecule has 16 heavy (non-hydrogen) atoms. The zero-order valence-electron chi connectivity index (χ0n) is 10.8. The first kappa shape index (κ1) is 14.8. The maximum atomic E-state index is 5.46. The summed E-state index contributed by atoms with van der Waals surface area (Å²) < 4.78 is 5.46. The molecule has 0 rings (SSSR count). The molecule has 0 spiro atoms. The smallest absolute Gasteiger partial charge is 0.125 e. The lowest BCUT2D eigenvalue weighted by Crippen LogP contribution is -1.91. The van der Waals surface area contributed by atoms with E-state index in [0.29, 0.717) is 6.61 Å². The second kappa shape index (κ2) is 9.02. The molecule has 90 valence electrons. The lowest BCUT2D eigenvalue weighted by molar-refractivity contribution is 0.241. The monoisotopic (exact) mass is 220 g/mol. The second-order valence-corrected chi connectivity index (χ2v) is 4.03. The summed E-state index contributed by atoms with van der Waals surface area (Å²) in [7, 11) is 0. The predicted octanol–water partition coefficient (Wildman–Crippen LogP) is 4.64. The molecule has 0 saturated carbocycles. The van der Waals surface area contributed by atoms with Gasteiger partial charge in [0.25, 0.3) is 0 Å². The highest BCUT2D eigenvalue weighted by Crippen LogP contribution is 2.12. The second-order valence-electron chi connectivity index (χ2n) is 4.03. The largest absolute Gasteiger partial charge is 0.493 e. The average Bonchev–Trinajstić information content (AvgIpc) is 2.26. The van der Waals surface area contributed by atoms with Crippen molar-refractivity contribution in [1.29, 1.82) is 0 Å². The molecule has 0 aliphatic heterocycles. The van der Waals surface area contributed by atoms with Gasteiger partial charge in [-0.05, 0) is 31.8 Å². The molecule has 1 heteroatoms. The van der Waals surface area contributed by atoms with Gasteiger partial charge in [0.05, 0.1) is 6.61 Å². The van der Waals surface area contributed by atoms with Crippen LogP contribution in [0.3, 0.4) is 0 Å². The fraction of sp³-hybridized carbons (Fsp3) is 0.467. The van der Waals surface area contributed by atoms with Crippen LogP contribution in [0, 0.1) is 5.92 Å². The summed E-state index contributed by atoms with van der Waals surface area (Å²) in [5, 5.41) is 0. The number of hydrogen-bond donors (Lipinski definition) is 0. The van der Waals surface area contributed by atoms with Crippen molar-refractivity contribution in [3.63, 3.8) is 0 Å². The molecule has 0 aromatic rings. The van der Waals surface area contributed by atoms with Crippen LogP contribution in [0.25, 0.3) is 0 Å². The van der Waals surface area contributed by atoms with E-state index in [9.17, 15) is 0 Å². The molecule has 0 N–H and O–H groups in total. The summed E-state index contributed by atoms with van der Waals surface area (Å²) in [6.07, 6.45) is 10.1. The summed E-state index contributed by atoms with van der Waals surface area (Å²) in [5.74, 6) is 1.55. The third-order valence-corrected chi connectivity index (χ3v) is 2.20. The summed E-state index contributed by atoms with van der Waals surface area (Å²) in [6.45, 7) is 14.6. The van der Waals surface area contributed by atoms with Crippen molar-refractivity contribution >= 4 is 0 Å². The first-order valence-corrected chi connectivity index (χ1v) is 5.94. The van der Waals surface area contributed by atoms with Crippen molar-refractivity contribution in [3.05, 3.63) is 48.8 Å². The lowest BCUT2D eigenvalue weighted by Gasteiger charge is -2.06. The molecule has 0 saturated heterocycles. The highest BCUT2D eigenvalue weighted by Gasteiger charge is 1.97. The van der Waals surface area contributed by atoms with Gasteiger partial charge in [-0.15, -0.1) is 0 Å². The Morgan fingerprint density at radius 3 is 2.38 bits per heavy atom. The molecule has 0 amide bonds. The minimum atomic E-state index is 0.651. The molecule has 0 atom stereocenters. The first-order chi connectivity index (χ1) is 7.65. The Labute approximate surface area is 100 Å². The van der Waals surface area contributed by atoms with E-state index in [1.54, 1.807) is 12.2 Å². The molecule has 0 aliphatic rings. The quantitative estimate of drug-likeness (QED) is 0.427. The standard InChI is InChI=1S/C15H24O/c1-6-14(15(7-2)16-8-3)12-10-9-11-13(4)5/h6-7,10,12-13H,1-2,8-9,11H2,3-5H3/b12-10-,15-14+. The Morgan fingerprint density at radius 2 is 1.94 bits per heavy atom. The first-order valence-electron chi connectivity index (χ1n) is 5.94. The minimum Gasteiger partial charge on any atom is -0.493 e. The van der Waals surface area contributed by atoms with Gasteiger partial charge >= 0.3 is 0 Å². The average molecular weight is 220 g/mol. The van der Waals surface area contributed by atoms with E-state index in [2.05, 4.69) is 39.2 Å². The van der Waals surface area contributed by atoms with Crippen LogP contribution >= 0.6 is 0 Å². The Morgan fingerprint density at radius 1 is 1.25 bits per heavy atom. The minimum absolute atomic E-state index is 0.651. The van der Waals surface area contributed by atoms with E-state index < -0.39 is 0 Å². The van der Waals surface area contributed by atoms with Crippen LogP contribution in [0.5, 0.6) is 0 Å². The topological polar surface area (TPSA) is 9.23 Å². The Bertz CT molecular complexity index is 269. The van der Waals surface area contributed by atoms with Crippen molar-refractivity contribution in [2.45, 2.75) is 33.6 Å². The Hall–Kier alpha value is -1.24. The molecule has 1 nitrogen and oxygen atoms in total. The number of allylic oxidation sites excluding steroid dienone is 5. The zero-order chi connectivity index (χ0) is 12.4. The van der Waals surface area contributed by atoms with Gasteiger partial charge < -0.3 is 4.74 Å². The summed E-state index contributed by atoms with van der Waals surface area (Å²) in [6, 6.07) is 0. The fourth-order valence-corrected chi connectivity index (χ4v) is 1.31. The van der Waals surface area contributed by atoms with E-state index in [-0.39, 0.29) is 0 Å². The third-order valence-electron chi connectivity index (χ3n) is 2.20. The van der Waals surface area contributed by atoms with Crippen molar-refractivity contribution in [2.24, 2.45) is 5.92 Å². The van der Waals surface area contributed by atoms with Gasteiger partial charge in [-0.2, -0.15) is 0 Å². The Balaban J connectivity index is 4.47. The van der Waals surface area contributed by atoms with E-state index in [0.717, 1.165) is 23.7 Å². The van der Waals surface area contributed by atoms with Crippen molar-refractivity contribution < 1.29 is 4.74 Å². The molecule has 0 aromatic carbocycles. The fourth-order valence-electron chi connectivity index (χ4n) is 1.31. The molecule has 0 radical (unpaired) electrons. The predicted molar refractivity (Wildman–Crippen MR) is 72.3 cm³/mol. The van der Waals surface area contributed by atoms with Crippen molar-refractivity contribution in [1.82, 2.24) is 0 Å². The molecule has 0 unspecified atom stereocenters. The summed E-state index contributed by atoms with van der Waals surface area (Å²) >= 11 is 0. The van der Waals surface area contributed by atoms with Gasteiger partial charge in [0, 0.05) is 5.57 Å². The lowest BCUT2D eigenvalue weighted by atomic mass is 10.1. The van der Waals surface area contributed by atoms with E-state index in [1.165, 1.54) is 6.42 Å². The highest BCUT2D eigenvalue weighted by molar-refractivity contribution is 5.36. The summed E-state index contributed by atoms with van der Waals surface area (Å²) in [5.41, 5.74) is 1.00. The molecular formula is C15H24O. The Kier molecular flexibility index (Phi) is 8.32. The van der Waals surface area contributed by atoms with Crippen LogP contribution in [-0.4, -0.2) is 6.61 Å². The third kappa shape index (κ3) is 6.28. The van der Waals surface area contributed by atoms with Crippen LogP contribution in [-0.2, 0) is 4.74 Å². The van der Waals surface area contributed by atoms with E-state index in [1.807, 2.05) is 6.92 Å². The molecule has 0 bridgehead atoms. The van der Waals surface area contributed by atoms with E-state index in [4.69, 9.17) is 4.74 Å². The van der Waals surface area contributed by atoms with Gasteiger partial charge in [0.2, 0.25) is 0 Å². The van der Waals surface area contributed by atoms with Gasteiger partial charge in [0.1, 0.15) is 5.76 Å². The maximum Gasteiger partial charge on any atom is 0.125 e. The normalized spacial score (nSPS) is 12.8. The highest BCUT2D eigenvalue weighted by atomic mass is 16.5. The molecule has 0 heterocycles. The van der Waals surface area contributed by atoms with Crippen LogP contribution < -0.4 is 0 Å². The molecule has 0 fully saturated rings. The van der Waals surface area contributed by atoms with Crippen LogP contribution in [0.2, 0.25) is 0 Å². The van der Waals surface area contributed by atoms with Gasteiger partial charge in [-0.3, -0.25) is 0 Å². The number of hydrogen-bond acceptors (Lipinski definition) is 1. The summed E-state index contributed by atoms with van der Waals surface area (Å²) in [4.78, 5) is 0. The zero-order valence-corrected chi connectivity index (χ0v) is 10.8. The van der Waals surface area contributed by atoms with Gasteiger partial charge in [-0.25, -0.2) is 0 Å². The SMILES string of the molecule is C=CC(/C=C\CCC(C)C)=C(/C=C)OCC. The van der Waals surface area contributed by atoms with Crippen LogP contribution in [0.1, 0.15) is 33.6 Å². The van der Waals surface area contributed by atoms with Crippen molar-refractivity contribution in [2.75, 3.05) is 6.61 Å². The molecular weight excluding hydrogens is 196 g/mol. The number of rotatable bonds is 8. The maximum absolute atomic E-state index is 5.46. The van der Waals surface area contributed by atoms with Crippen LogP contribution in [0.4, 0.5) is 0 Å².